The van der Waals surface area contributed by atoms with Crippen LogP contribution in [0.4, 0.5) is 0 Å². The van der Waals surface area contributed by atoms with Crippen LogP contribution in [0.1, 0.15) is 32.1 Å². The molecule has 0 heterocycles. The third kappa shape index (κ3) is 1.99. The summed E-state index contributed by atoms with van der Waals surface area (Å²) in [6.07, 6.45) is 6.82. The normalized spacial score (nSPS) is 27.2. The maximum atomic E-state index is 6.04. The third-order valence-electron chi connectivity index (χ3n) is 3.27. The molecule has 12 heavy (non-hydrogen) atoms. The molecule has 0 radical (unpaired) electrons. The number of rotatable bonds is 4. The van der Waals surface area contributed by atoms with E-state index in [2.05, 4.69) is 11.9 Å². The van der Waals surface area contributed by atoms with Crippen LogP contribution in [0.15, 0.2) is 0 Å². The van der Waals surface area contributed by atoms with Gasteiger partial charge in [-0.2, -0.15) is 0 Å². The Kier molecular flexibility index (Phi) is 2.13. The van der Waals surface area contributed by atoms with Crippen LogP contribution in [0.5, 0.6) is 0 Å². The fraction of sp³-hybridized carbons (Fsp3) is 1.00. The quantitative estimate of drug-likeness (QED) is 0.683. The van der Waals surface area contributed by atoms with Gasteiger partial charge in [-0.3, -0.25) is 0 Å². The molecule has 70 valence electrons. The first-order valence-corrected chi connectivity index (χ1v) is 5.15. The summed E-state index contributed by atoms with van der Waals surface area (Å²) in [4.78, 5) is 2.43. The average molecular weight is 168 g/mol. The lowest BCUT2D eigenvalue weighted by molar-refractivity contribution is 0.195. The molecule has 0 aromatic rings. The third-order valence-corrected chi connectivity index (χ3v) is 3.27. The largest absolute Gasteiger partial charge is 0.324 e. The molecule has 2 saturated carbocycles. The van der Waals surface area contributed by atoms with Crippen molar-refractivity contribution in [2.24, 2.45) is 11.7 Å². The van der Waals surface area contributed by atoms with E-state index in [4.69, 9.17) is 5.73 Å². The molecule has 0 aromatic carbocycles. The molecule has 0 bridgehead atoms. The minimum Gasteiger partial charge on any atom is -0.324 e. The Morgan fingerprint density at radius 3 is 2.50 bits per heavy atom. The first kappa shape index (κ1) is 8.52. The van der Waals surface area contributed by atoms with E-state index in [0.717, 1.165) is 12.5 Å². The zero-order chi connectivity index (χ0) is 8.60. The Labute approximate surface area is 75.1 Å². The molecule has 0 saturated heterocycles. The zero-order valence-electron chi connectivity index (χ0n) is 8.05. The number of likely N-dealkylation sites (N-methyl/N-ethyl adjacent to an activating group) is 1. The van der Waals surface area contributed by atoms with Crippen molar-refractivity contribution in [2.75, 3.05) is 20.1 Å². The van der Waals surface area contributed by atoms with Gasteiger partial charge in [-0.25, -0.2) is 0 Å². The van der Waals surface area contributed by atoms with Gasteiger partial charge < -0.3 is 10.6 Å². The lowest BCUT2D eigenvalue weighted by atomic mass is 9.85. The molecule has 2 heteroatoms. The minimum absolute atomic E-state index is 0.207. The van der Waals surface area contributed by atoms with E-state index in [1.165, 1.54) is 38.6 Å². The van der Waals surface area contributed by atoms with E-state index < -0.39 is 0 Å². The minimum atomic E-state index is 0.207. The molecule has 2 N–H and O–H groups in total. The van der Waals surface area contributed by atoms with E-state index in [-0.39, 0.29) is 5.54 Å². The highest BCUT2D eigenvalue weighted by atomic mass is 15.1. The highest BCUT2D eigenvalue weighted by Crippen LogP contribution is 2.33. The molecule has 0 unspecified atom stereocenters. The first-order valence-electron chi connectivity index (χ1n) is 5.15. The van der Waals surface area contributed by atoms with Crippen LogP contribution in [-0.4, -0.2) is 30.6 Å². The molecule has 0 atom stereocenters. The second-order valence-corrected chi connectivity index (χ2v) is 4.86. The SMILES string of the molecule is CN(CC1CCC1)CC1(N)CC1. The van der Waals surface area contributed by atoms with Crippen LogP contribution in [-0.2, 0) is 0 Å². The van der Waals surface area contributed by atoms with Crippen molar-refractivity contribution in [2.45, 2.75) is 37.6 Å². The highest BCUT2D eigenvalue weighted by molar-refractivity contribution is 5.00. The predicted octanol–water partition coefficient (Wildman–Crippen LogP) is 1.21. The van der Waals surface area contributed by atoms with Crippen LogP contribution in [0.3, 0.4) is 0 Å². The van der Waals surface area contributed by atoms with Crippen LogP contribution in [0.25, 0.3) is 0 Å². The van der Waals surface area contributed by atoms with Gasteiger partial charge in [0.1, 0.15) is 0 Å². The van der Waals surface area contributed by atoms with E-state index in [1.54, 1.807) is 0 Å². The molecular formula is C10H20N2. The lowest BCUT2D eigenvalue weighted by Crippen LogP contribution is -2.40. The van der Waals surface area contributed by atoms with Gasteiger partial charge in [0, 0.05) is 18.6 Å². The fourth-order valence-electron chi connectivity index (χ4n) is 2.04. The van der Waals surface area contributed by atoms with Gasteiger partial charge in [-0.1, -0.05) is 6.42 Å². The van der Waals surface area contributed by atoms with Gasteiger partial charge in [0.15, 0.2) is 0 Å². The van der Waals surface area contributed by atoms with Gasteiger partial charge in [0.05, 0.1) is 0 Å². The van der Waals surface area contributed by atoms with Crippen molar-refractivity contribution in [3.8, 4) is 0 Å². The number of nitrogens with two attached hydrogens (primary N) is 1. The monoisotopic (exact) mass is 168 g/mol. The Bertz CT molecular complexity index is 159. The summed E-state index contributed by atoms with van der Waals surface area (Å²) in [7, 11) is 2.21. The second kappa shape index (κ2) is 3.00. The molecule has 2 aliphatic rings. The summed E-state index contributed by atoms with van der Waals surface area (Å²) in [6, 6.07) is 0. The van der Waals surface area contributed by atoms with E-state index in [9.17, 15) is 0 Å². The molecule has 2 nitrogen and oxygen atoms in total. The summed E-state index contributed by atoms with van der Waals surface area (Å²) in [5, 5.41) is 0. The summed E-state index contributed by atoms with van der Waals surface area (Å²) < 4.78 is 0. The maximum absolute atomic E-state index is 6.04. The van der Waals surface area contributed by atoms with Gasteiger partial charge >= 0.3 is 0 Å². The van der Waals surface area contributed by atoms with Crippen molar-refractivity contribution >= 4 is 0 Å². The van der Waals surface area contributed by atoms with E-state index in [0.29, 0.717) is 0 Å². The Morgan fingerprint density at radius 1 is 1.42 bits per heavy atom. The molecule has 0 aromatic heterocycles. The zero-order valence-corrected chi connectivity index (χ0v) is 8.05. The Hall–Kier alpha value is -0.0800. The maximum Gasteiger partial charge on any atom is 0.0284 e. The molecule has 2 rings (SSSR count). The van der Waals surface area contributed by atoms with Crippen molar-refractivity contribution in [3.05, 3.63) is 0 Å². The molecule has 2 aliphatic carbocycles. The summed E-state index contributed by atoms with van der Waals surface area (Å²) in [5.41, 5.74) is 6.25. The topological polar surface area (TPSA) is 29.3 Å². The van der Waals surface area contributed by atoms with Gasteiger partial charge in [0.25, 0.3) is 0 Å². The predicted molar refractivity (Wildman–Crippen MR) is 51.0 cm³/mol. The average Bonchev–Trinajstić information content (AvgIpc) is 2.59. The van der Waals surface area contributed by atoms with Crippen LogP contribution < -0.4 is 5.73 Å². The summed E-state index contributed by atoms with van der Waals surface area (Å²) in [5.74, 6) is 0.984. The van der Waals surface area contributed by atoms with E-state index in [1.807, 2.05) is 0 Å². The van der Waals surface area contributed by atoms with Crippen molar-refractivity contribution in [3.63, 3.8) is 0 Å². The van der Waals surface area contributed by atoms with Gasteiger partial charge in [-0.05, 0) is 38.6 Å². The van der Waals surface area contributed by atoms with Crippen molar-refractivity contribution in [1.29, 1.82) is 0 Å². The molecule has 0 aliphatic heterocycles. The smallest absolute Gasteiger partial charge is 0.0284 e. The van der Waals surface area contributed by atoms with Crippen molar-refractivity contribution < 1.29 is 0 Å². The standard InChI is InChI=1S/C10H20N2/c1-12(7-9-3-2-4-9)8-10(11)5-6-10/h9H,2-8,11H2,1H3. The molecular weight excluding hydrogens is 148 g/mol. The van der Waals surface area contributed by atoms with Crippen LogP contribution in [0, 0.1) is 5.92 Å². The van der Waals surface area contributed by atoms with E-state index >= 15 is 0 Å². The Morgan fingerprint density at radius 2 is 2.08 bits per heavy atom. The highest BCUT2D eigenvalue weighted by Gasteiger charge is 2.39. The summed E-state index contributed by atoms with van der Waals surface area (Å²) in [6.45, 7) is 2.39. The van der Waals surface area contributed by atoms with Gasteiger partial charge in [0.2, 0.25) is 0 Å². The number of nitrogens with zero attached hydrogens (tertiary/aromatic N) is 1. The first-order chi connectivity index (χ1) is 5.68. The lowest BCUT2D eigenvalue weighted by Gasteiger charge is -2.31. The van der Waals surface area contributed by atoms with Crippen molar-refractivity contribution in [1.82, 2.24) is 4.90 Å². The number of hydrogen-bond acceptors (Lipinski definition) is 2. The van der Waals surface area contributed by atoms with Crippen LogP contribution in [0.2, 0.25) is 0 Å². The molecule has 2 fully saturated rings. The van der Waals surface area contributed by atoms with Crippen LogP contribution >= 0.6 is 0 Å². The Balaban J connectivity index is 1.66. The number of hydrogen-bond donors (Lipinski definition) is 1. The fourth-order valence-corrected chi connectivity index (χ4v) is 2.04. The summed E-state index contributed by atoms with van der Waals surface area (Å²) >= 11 is 0. The van der Waals surface area contributed by atoms with Gasteiger partial charge in [-0.15, -0.1) is 0 Å². The molecule has 0 amide bonds. The second-order valence-electron chi connectivity index (χ2n) is 4.86. The molecule has 0 spiro atoms.